The number of hydrogen-bond donors (Lipinski definition) is 1. The molecular weight excluding hydrogens is 206 g/mol. The van der Waals surface area contributed by atoms with Crippen LogP contribution in [0.4, 0.5) is 5.69 Å². The van der Waals surface area contributed by atoms with Crippen LogP contribution in [-0.4, -0.2) is 21.9 Å². The van der Waals surface area contributed by atoms with Gasteiger partial charge in [0, 0.05) is 7.05 Å². The molecule has 1 rings (SSSR count). The monoisotopic (exact) mass is 225 g/mol. The highest BCUT2D eigenvalue weighted by atomic mass is 16.5. The Morgan fingerprint density at radius 1 is 1.50 bits per heavy atom. The number of aryl methyl sites for hydroxylation is 2. The number of carbonyl (C=O) groups is 1. The van der Waals surface area contributed by atoms with Crippen LogP contribution in [0.2, 0.25) is 0 Å². The highest BCUT2D eigenvalue weighted by molar-refractivity contribution is 5.93. The Labute approximate surface area is 95.6 Å². The number of nitrogen functional groups attached to an aromatic ring is 1. The molecule has 5 nitrogen and oxygen atoms in total. The molecule has 1 aromatic heterocycles. The lowest BCUT2D eigenvalue weighted by molar-refractivity contribution is 0.0273. The van der Waals surface area contributed by atoms with Crippen LogP contribution in [0.5, 0.6) is 0 Å². The van der Waals surface area contributed by atoms with Gasteiger partial charge in [0.05, 0.1) is 11.4 Å². The Balaban J connectivity index is 2.88. The molecule has 0 fully saturated rings. The Morgan fingerprint density at radius 2 is 2.06 bits per heavy atom. The number of nitrogens with zero attached hydrogens (tertiary/aromatic N) is 2. The van der Waals surface area contributed by atoms with Crippen LogP contribution in [0, 0.1) is 6.92 Å². The molecule has 0 aliphatic carbocycles. The number of nitrogens with two attached hydrogens (primary N) is 1. The quantitative estimate of drug-likeness (QED) is 0.791. The maximum absolute atomic E-state index is 11.9. The first kappa shape index (κ1) is 12.5. The smallest absolute Gasteiger partial charge is 0.359 e. The van der Waals surface area contributed by atoms with E-state index in [0.717, 1.165) is 12.8 Å². The topological polar surface area (TPSA) is 70.1 Å². The van der Waals surface area contributed by atoms with Crippen LogP contribution < -0.4 is 5.73 Å². The normalized spacial score (nSPS) is 10.8. The van der Waals surface area contributed by atoms with Crippen molar-refractivity contribution in [3.63, 3.8) is 0 Å². The molecule has 0 saturated heterocycles. The van der Waals surface area contributed by atoms with Crippen LogP contribution in [0.1, 0.15) is 42.9 Å². The van der Waals surface area contributed by atoms with Gasteiger partial charge in [-0.3, -0.25) is 4.68 Å². The summed E-state index contributed by atoms with van der Waals surface area (Å²) in [5.41, 5.74) is 7.17. The third kappa shape index (κ3) is 2.35. The summed E-state index contributed by atoms with van der Waals surface area (Å²) in [7, 11) is 1.69. The SMILES string of the molecule is CCC(CC)OC(=O)c1c(N)c(C)nn1C. The molecule has 0 amide bonds. The van der Waals surface area contributed by atoms with Crippen LogP contribution in [0.25, 0.3) is 0 Å². The van der Waals surface area contributed by atoms with E-state index in [-0.39, 0.29) is 6.10 Å². The minimum atomic E-state index is -0.394. The fourth-order valence-electron chi connectivity index (χ4n) is 1.58. The average Bonchev–Trinajstić information content (AvgIpc) is 2.49. The molecule has 0 radical (unpaired) electrons. The number of hydrogen-bond acceptors (Lipinski definition) is 4. The van der Waals surface area contributed by atoms with Crippen molar-refractivity contribution in [2.45, 2.75) is 39.7 Å². The van der Waals surface area contributed by atoms with Crippen molar-refractivity contribution in [3.05, 3.63) is 11.4 Å². The first-order chi connectivity index (χ1) is 7.51. The fraction of sp³-hybridized carbons (Fsp3) is 0.636. The van der Waals surface area contributed by atoms with Crippen molar-refractivity contribution in [2.24, 2.45) is 7.05 Å². The predicted octanol–water partition coefficient (Wildman–Crippen LogP) is 1.66. The van der Waals surface area contributed by atoms with E-state index in [2.05, 4.69) is 5.10 Å². The Kier molecular flexibility index (Phi) is 3.93. The number of ether oxygens (including phenoxy) is 1. The van der Waals surface area contributed by atoms with Gasteiger partial charge in [-0.25, -0.2) is 4.79 Å². The van der Waals surface area contributed by atoms with Gasteiger partial charge in [0.1, 0.15) is 6.10 Å². The number of aromatic nitrogens is 2. The summed E-state index contributed by atoms with van der Waals surface area (Å²) in [5.74, 6) is -0.394. The lowest BCUT2D eigenvalue weighted by Crippen LogP contribution is -2.19. The maximum Gasteiger partial charge on any atom is 0.359 e. The number of esters is 1. The second kappa shape index (κ2) is 5.01. The molecule has 16 heavy (non-hydrogen) atoms. The van der Waals surface area contributed by atoms with Gasteiger partial charge < -0.3 is 10.5 Å². The van der Waals surface area contributed by atoms with E-state index in [9.17, 15) is 4.79 Å². The second-order valence-corrected chi connectivity index (χ2v) is 3.82. The van der Waals surface area contributed by atoms with Gasteiger partial charge in [-0.05, 0) is 19.8 Å². The van der Waals surface area contributed by atoms with Gasteiger partial charge >= 0.3 is 5.97 Å². The minimum absolute atomic E-state index is 0.0536. The van der Waals surface area contributed by atoms with E-state index in [1.807, 2.05) is 13.8 Å². The lowest BCUT2D eigenvalue weighted by atomic mass is 10.2. The molecule has 0 saturated carbocycles. The molecular formula is C11H19N3O2. The van der Waals surface area contributed by atoms with Gasteiger partial charge in [0.2, 0.25) is 0 Å². The molecule has 0 spiro atoms. The first-order valence-corrected chi connectivity index (χ1v) is 5.51. The van der Waals surface area contributed by atoms with Crippen LogP contribution in [0.15, 0.2) is 0 Å². The fourth-order valence-corrected chi connectivity index (χ4v) is 1.58. The summed E-state index contributed by atoms with van der Waals surface area (Å²) in [4.78, 5) is 11.9. The predicted molar refractivity (Wildman–Crippen MR) is 62.1 cm³/mol. The third-order valence-electron chi connectivity index (χ3n) is 2.65. The molecule has 0 aromatic carbocycles. The summed E-state index contributed by atoms with van der Waals surface area (Å²) in [6.45, 7) is 5.74. The second-order valence-electron chi connectivity index (χ2n) is 3.82. The summed E-state index contributed by atoms with van der Waals surface area (Å²) in [6, 6.07) is 0. The molecule has 0 aliphatic rings. The van der Waals surface area contributed by atoms with Crippen molar-refractivity contribution >= 4 is 11.7 Å². The maximum atomic E-state index is 11.9. The van der Waals surface area contributed by atoms with Crippen molar-refractivity contribution < 1.29 is 9.53 Å². The molecule has 1 heterocycles. The molecule has 0 unspecified atom stereocenters. The van der Waals surface area contributed by atoms with Gasteiger partial charge in [-0.2, -0.15) is 5.10 Å². The zero-order chi connectivity index (χ0) is 12.3. The molecule has 1 aromatic rings. The molecule has 2 N–H and O–H groups in total. The van der Waals surface area contributed by atoms with E-state index in [0.29, 0.717) is 17.1 Å². The zero-order valence-corrected chi connectivity index (χ0v) is 10.3. The van der Waals surface area contributed by atoms with Crippen molar-refractivity contribution in [1.82, 2.24) is 9.78 Å². The standard InChI is InChI=1S/C11H19N3O2/c1-5-8(6-2)16-11(15)10-9(12)7(3)13-14(10)4/h8H,5-6,12H2,1-4H3. The number of rotatable bonds is 4. The van der Waals surface area contributed by atoms with E-state index < -0.39 is 5.97 Å². The van der Waals surface area contributed by atoms with Gasteiger partial charge in [0.15, 0.2) is 5.69 Å². The lowest BCUT2D eigenvalue weighted by Gasteiger charge is -2.14. The highest BCUT2D eigenvalue weighted by Crippen LogP contribution is 2.17. The highest BCUT2D eigenvalue weighted by Gasteiger charge is 2.21. The van der Waals surface area contributed by atoms with Crippen LogP contribution in [-0.2, 0) is 11.8 Å². The number of anilines is 1. The molecule has 0 bridgehead atoms. The van der Waals surface area contributed by atoms with Crippen LogP contribution in [0.3, 0.4) is 0 Å². The molecule has 0 aliphatic heterocycles. The summed E-state index contributed by atoms with van der Waals surface area (Å²) < 4.78 is 6.80. The molecule has 90 valence electrons. The Morgan fingerprint density at radius 3 is 2.44 bits per heavy atom. The van der Waals surface area contributed by atoms with Gasteiger partial charge in [-0.15, -0.1) is 0 Å². The van der Waals surface area contributed by atoms with Crippen molar-refractivity contribution in [2.75, 3.05) is 5.73 Å². The van der Waals surface area contributed by atoms with Gasteiger partial charge in [0.25, 0.3) is 0 Å². The van der Waals surface area contributed by atoms with E-state index >= 15 is 0 Å². The van der Waals surface area contributed by atoms with Crippen LogP contribution >= 0.6 is 0 Å². The average molecular weight is 225 g/mol. The van der Waals surface area contributed by atoms with Crippen molar-refractivity contribution in [3.8, 4) is 0 Å². The Bertz CT molecular complexity index is 381. The molecule has 0 atom stereocenters. The van der Waals surface area contributed by atoms with E-state index in [4.69, 9.17) is 10.5 Å². The van der Waals surface area contributed by atoms with Crippen molar-refractivity contribution in [1.29, 1.82) is 0 Å². The minimum Gasteiger partial charge on any atom is -0.458 e. The summed E-state index contributed by atoms with van der Waals surface area (Å²) in [5, 5.41) is 4.08. The largest absolute Gasteiger partial charge is 0.458 e. The summed E-state index contributed by atoms with van der Waals surface area (Å²) in [6.07, 6.45) is 1.56. The summed E-state index contributed by atoms with van der Waals surface area (Å²) >= 11 is 0. The zero-order valence-electron chi connectivity index (χ0n) is 10.3. The first-order valence-electron chi connectivity index (χ1n) is 5.51. The van der Waals surface area contributed by atoms with Gasteiger partial charge in [-0.1, -0.05) is 13.8 Å². The molecule has 5 heteroatoms. The van der Waals surface area contributed by atoms with E-state index in [1.54, 1.807) is 14.0 Å². The Hall–Kier alpha value is -1.52. The van der Waals surface area contributed by atoms with E-state index in [1.165, 1.54) is 4.68 Å². The number of carbonyl (C=O) groups excluding carboxylic acids is 1. The third-order valence-corrected chi connectivity index (χ3v) is 2.65.